The van der Waals surface area contributed by atoms with Crippen molar-refractivity contribution in [1.82, 2.24) is 0 Å². The van der Waals surface area contributed by atoms with Crippen LogP contribution in [0.4, 0.5) is 0 Å². The molecule has 0 radical (unpaired) electrons. The second-order valence-corrected chi connectivity index (χ2v) is 4.74. The highest BCUT2D eigenvalue weighted by Crippen LogP contribution is 2.06. The zero-order valence-corrected chi connectivity index (χ0v) is 11.9. The Hall–Kier alpha value is -1.09. The van der Waals surface area contributed by atoms with Gasteiger partial charge < -0.3 is 10.2 Å². The first-order valence-corrected chi connectivity index (χ1v) is 7.40. The predicted molar refractivity (Wildman–Crippen MR) is 79.2 cm³/mol. The molecule has 0 rings (SSSR count). The van der Waals surface area contributed by atoms with Crippen molar-refractivity contribution in [3.8, 4) is 0 Å². The molecule has 0 atom stereocenters. The third-order valence-corrected chi connectivity index (χ3v) is 2.90. The Morgan fingerprint density at radius 2 is 1.37 bits per heavy atom. The molecule has 19 heavy (non-hydrogen) atoms. The van der Waals surface area contributed by atoms with Crippen LogP contribution < -0.4 is 0 Å². The number of rotatable bonds is 13. The van der Waals surface area contributed by atoms with Crippen LogP contribution in [-0.4, -0.2) is 22.8 Å². The van der Waals surface area contributed by atoms with Gasteiger partial charge in [0, 0.05) is 13.0 Å². The number of carboxylic acid groups (broad SMARTS) is 1. The minimum Gasteiger partial charge on any atom is -0.481 e. The summed E-state index contributed by atoms with van der Waals surface area (Å²) in [6.07, 6.45) is 18.2. The predicted octanol–water partition coefficient (Wildman–Crippen LogP) is 4.08. The van der Waals surface area contributed by atoms with Crippen molar-refractivity contribution in [1.29, 1.82) is 0 Å². The minimum absolute atomic E-state index is 0.292. The Morgan fingerprint density at radius 3 is 1.95 bits per heavy atom. The molecule has 0 saturated heterocycles. The van der Waals surface area contributed by atoms with E-state index < -0.39 is 5.97 Å². The molecule has 0 amide bonds. The van der Waals surface area contributed by atoms with Crippen molar-refractivity contribution >= 4 is 5.97 Å². The van der Waals surface area contributed by atoms with Crippen molar-refractivity contribution in [2.24, 2.45) is 0 Å². The molecule has 2 N–H and O–H groups in total. The smallest absolute Gasteiger partial charge is 0.303 e. The number of carboxylic acids is 1. The molecule has 0 aromatic rings. The van der Waals surface area contributed by atoms with Crippen LogP contribution in [0, 0.1) is 0 Å². The third-order valence-electron chi connectivity index (χ3n) is 2.90. The van der Waals surface area contributed by atoms with Crippen LogP contribution in [0.15, 0.2) is 24.3 Å². The molecule has 0 fully saturated rings. The van der Waals surface area contributed by atoms with E-state index >= 15 is 0 Å². The second kappa shape index (κ2) is 15.0. The molecule has 0 saturated carbocycles. The minimum atomic E-state index is -0.689. The van der Waals surface area contributed by atoms with Crippen LogP contribution in [-0.2, 0) is 4.79 Å². The highest BCUT2D eigenvalue weighted by atomic mass is 16.4. The lowest BCUT2D eigenvalue weighted by molar-refractivity contribution is -0.137. The molecule has 0 aromatic carbocycles. The number of hydrogen-bond acceptors (Lipinski definition) is 2. The van der Waals surface area contributed by atoms with Gasteiger partial charge in [-0.3, -0.25) is 4.79 Å². The van der Waals surface area contributed by atoms with E-state index in [4.69, 9.17) is 10.2 Å². The first kappa shape index (κ1) is 17.9. The van der Waals surface area contributed by atoms with E-state index in [-0.39, 0.29) is 0 Å². The molecule has 0 bridgehead atoms. The van der Waals surface area contributed by atoms with Crippen LogP contribution in [0.5, 0.6) is 0 Å². The van der Waals surface area contributed by atoms with E-state index in [1.807, 2.05) is 0 Å². The van der Waals surface area contributed by atoms with Crippen LogP contribution in [0.3, 0.4) is 0 Å². The van der Waals surface area contributed by atoms with E-state index in [2.05, 4.69) is 24.3 Å². The number of aliphatic hydroxyl groups is 1. The fourth-order valence-electron chi connectivity index (χ4n) is 1.77. The summed E-state index contributed by atoms with van der Waals surface area (Å²) < 4.78 is 0. The Balaban J connectivity index is 3.19. The summed E-state index contributed by atoms with van der Waals surface area (Å²) >= 11 is 0. The van der Waals surface area contributed by atoms with Crippen LogP contribution in [0.25, 0.3) is 0 Å². The molecule has 110 valence electrons. The maximum atomic E-state index is 10.3. The van der Waals surface area contributed by atoms with Crippen molar-refractivity contribution in [3.05, 3.63) is 24.3 Å². The lowest BCUT2D eigenvalue weighted by Gasteiger charge is -1.96. The Labute approximate surface area is 117 Å². The molecule has 0 aliphatic heterocycles. The maximum absolute atomic E-state index is 10.3. The fraction of sp³-hybridized carbons (Fsp3) is 0.688. The van der Waals surface area contributed by atoms with E-state index in [9.17, 15) is 4.79 Å². The molecule has 0 spiro atoms. The summed E-state index contributed by atoms with van der Waals surface area (Å²) in [6, 6.07) is 0. The first-order valence-electron chi connectivity index (χ1n) is 7.40. The van der Waals surface area contributed by atoms with Gasteiger partial charge in [0.05, 0.1) is 0 Å². The number of aliphatic hydroxyl groups excluding tert-OH is 1. The maximum Gasteiger partial charge on any atom is 0.303 e. The first-order chi connectivity index (χ1) is 9.27. The normalized spacial score (nSPS) is 11.6. The largest absolute Gasteiger partial charge is 0.481 e. The summed E-state index contributed by atoms with van der Waals surface area (Å²) in [5, 5.41) is 17.1. The highest BCUT2D eigenvalue weighted by Gasteiger charge is 1.95. The standard InChI is InChI=1S/C16H28O3/c17-15-13-11-9-7-5-3-1-2-4-6-8-10-12-14-16(18)19/h1-2,5,7,17H,3-4,6,8-15H2,(H,18,19)/b2-1+,7-5+. The molecule has 0 aromatic heterocycles. The quantitative estimate of drug-likeness (QED) is 0.391. The molecule has 3 heteroatoms. The van der Waals surface area contributed by atoms with Crippen LogP contribution in [0.2, 0.25) is 0 Å². The summed E-state index contributed by atoms with van der Waals surface area (Å²) in [6.45, 7) is 0.292. The molecular weight excluding hydrogens is 240 g/mol. The van der Waals surface area contributed by atoms with Crippen molar-refractivity contribution in [2.75, 3.05) is 6.61 Å². The Morgan fingerprint density at radius 1 is 0.789 bits per heavy atom. The number of aliphatic carboxylic acids is 1. The Kier molecular flexibility index (Phi) is 14.1. The van der Waals surface area contributed by atoms with E-state index in [1.165, 1.54) is 0 Å². The van der Waals surface area contributed by atoms with Crippen LogP contribution >= 0.6 is 0 Å². The van der Waals surface area contributed by atoms with Gasteiger partial charge in [-0.15, -0.1) is 0 Å². The van der Waals surface area contributed by atoms with Gasteiger partial charge in [-0.25, -0.2) is 0 Å². The molecule has 0 aliphatic carbocycles. The van der Waals surface area contributed by atoms with Gasteiger partial charge in [0.25, 0.3) is 0 Å². The van der Waals surface area contributed by atoms with Gasteiger partial charge in [-0.05, 0) is 44.9 Å². The molecule has 3 nitrogen and oxygen atoms in total. The molecule has 0 heterocycles. The van der Waals surface area contributed by atoms with Crippen molar-refractivity contribution < 1.29 is 15.0 Å². The summed E-state index contributed by atoms with van der Waals surface area (Å²) in [5.74, 6) is -0.689. The van der Waals surface area contributed by atoms with E-state index in [0.29, 0.717) is 13.0 Å². The number of allylic oxidation sites excluding steroid dienone is 4. The zero-order chi connectivity index (χ0) is 14.2. The average molecular weight is 268 g/mol. The topological polar surface area (TPSA) is 57.5 Å². The second-order valence-electron chi connectivity index (χ2n) is 4.74. The van der Waals surface area contributed by atoms with Gasteiger partial charge >= 0.3 is 5.97 Å². The van der Waals surface area contributed by atoms with Crippen molar-refractivity contribution in [2.45, 2.75) is 64.2 Å². The fourth-order valence-corrected chi connectivity index (χ4v) is 1.77. The van der Waals surface area contributed by atoms with Gasteiger partial charge in [-0.1, -0.05) is 37.1 Å². The number of carbonyl (C=O) groups is 1. The van der Waals surface area contributed by atoms with Gasteiger partial charge in [0.1, 0.15) is 0 Å². The number of hydrogen-bond donors (Lipinski definition) is 2. The lowest BCUT2D eigenvalue weighted by Crippen LogP contribution is -1.93. The SMILES string of the molecule is O=C(O)CCCCCC/C=C/C/C=C/CCCCO. The molecule has 0 aliphatic rings. The van der Waals surface area contributed by atoms with Crippen LogP contribution in [0.1, 0.15) is 64.2 Å². The molecule has 0 unspecified atom stereocenters. The van der Waals surface area contributed by atoms with Crippen molar-refractivity contribution in [3.63, 3.8) is 0 Å². The summed E-state index contributed by atoms with van der Waals surface area (Å²) in [7, 11) is 0. The highest BCUT2D eigenvalue weighted by molar-refractivity contribution is 5.66. The Bertz CT molecular complexity index is 257. The zero-order valence-electron chi connectivity index (χ0n) is 11.9. The average Bonchev–Trinajstić information content (AvgIpc) is 2.39. The molecular formula is C16H28O3. The lowest BCUT2D eigenvalue weighted by atomic mass is 10.1. The van der Waals surface area contributed by atoms with E-state index in [1.54, 1.807) is 0 Å². The number of unbranched alkanes of at least 4 members (excludes halogenated alkanes) is 6. The van der Waals surface area contributed by atoms with E-state index in [0.717, 1.165) is 57.8 Å². The summed E-state index contributed by atoms with van der Waals surface area (Å²) in [4.78, 5) is 10.3. The van der Waals surface area contributed by atoms with Gasteiger partial charge in [-0.2, -0.15) is 0 Å². The summed E-state index contributed by atoms with van der Waals surface area (Å²) in [5.41, 5.74) is 0. The van der Waals surface area contributed by atoms with Gasteiger partial charge in [0.15, 0.2) is 0 Å². The monoisotopic (exact) mass is 268 g/mol. The third kappa shape index (κ3) is 16.9. The van der Waals surface area contributed by atoms with Gasteiger partial charge in [0.2, 0.25) is 0 Å².